The highest BCUT2D eigenvalue weighted by Gasteiger charge is 2.26. The minimum atomic E-state index is -0.374. The highest BCUT2D eigenvalue weighted by Crippen LogP contribution is 2.34. The number of anilines is 1. The lowest BCUT2D eigenvalue weighted by molar-refractivity contribution is -0.885. The van der Waals surface area contributed by atoms with Crippen LogP contribution >= 0.6 is 0 Å². The van der Waals surface area contributed by atoms with Crippen molar-refractivity contribution in [2.45, 2.75) is 39.3 Å². The molecule has 0 saturated carbocycles. The fourth-order valence-electron chi connectivity index (χ4n) is 2.32. The van der Waals surface area contributed by atoms with Crippen LogP contribution < -0.4 is 25.0 Å². The quantitative estimate of drug-likeness (QED) is 0.716. The summed E-state index contributed by atoms with van der Waals surface area (Å²) in [6.07, 6.45) is 0. The zero-order valence-electron chi connectivity index (χ0n) is 14.9. The third-order valence-corrected chi connectivity index (χ3v) is 3.73. The van der Waals surface area contributed by atoms with Gasteiger partial charge in [-0.1, -0.05) is 0 Å². The maximum Gasteiger partial charge on any atom is 0.282 e. The number of hydrogen-bond acceptors (Lipinski definition) is 4. The van der Waals surface area contributed by atoms with Gasteiger partial charge in [0.15, 0.2) is 24.1 Å². The van der Waals surface area contributed by atoms with Gasteiger partial charge in [-0.2, -0.15) is 0 Å². The topological polar surface area (TPSA) is 81.1 Å². The van der Waals surface area contributed by atoms with Crippen LogP contribution in [0.5, 0.6) is 11.5 Å². The molecule has 2 rings (SSSR count). The van der Waals surface area contributed by atoms with E-state index in [1.165, 1.54) is 0 Å². The van der Waals surface area contributed by atoms with Gasteiger partial charge in [-0.05, 0) is 39.8 Å². The fraction of sp³-hybridized carbons (Fsp3) is 0.529. The van der Waals surface area contributed by atoms with Crippen LogP contribution in [0.4, 0.5) is 5.69 Å². The Balaban J connectivity index is 1.90. The van der Waals surface area contributed by atoms with Crippen molar-refractivity contribution in [3.05, 3.63) is 18.2 Å². The average Bonchev–Trinajstić information content (AvgIpc) is 2.91. The molecular formula is C17H26N3O4+. The number of nitrogens with one attached hydrogen (secondary N) is 3. The number of likely N-dealkylation sites (N-methyl/N-ethyl adjacent to an activating group) is 1. The first-order valence-corrected chi connectivity index (χ1v) is 7.99. The Morgan fingerprint density at radius 3 is 2.58 bits per heavy atom. The van der Waals surface area contributed by atoms with Gasteiger partial charge in [-0.15, -0.1) is 0 Å². The van der Waals surface area contributed by atoms with E-state index in [4.69, 9.17) is 9.47 Å². The Labute approximate surface area is 142 Å². The van der Waals surface area contributed by atoms with Crippen molar-refractivity contribution in [1.29, 1.82) is 0 Å². The molecule has 0 bridgehead atoms. The summed E-state index contributed by atoms with van der Waals surface area (Å²) in [6, 6.07) is 4.88. The van der Waals surface area contributed by atoms with E-state index >= 15 is 0 Å². The normalized spacial score (nSPS) is 15.5. The second-order valence-corrected chi connectivity index (χ2v) is 7.10. The van der Waals surface area contributed by atoms with E-state index in [-0.39, 0.29) is 36.7 Å². The highest BCUT2D eigenvalue weighted by molar-refractivity contribution is 5.94. The van der Waals surface area contributed by atoms with Crippen LogP contribution in [0.3, 0.4) is 0 Å². The molecule has 0 spiro atoms. The average molecular weight is 336 g/mol. The summed E-state index contributed by atoms with van der Waals surface area (Å²) in [4.78, 5) is 25.2. The number of rotatable bonds is 5. The van der Waals surface area contributed by atoms with Crippen LogP contribution in [-0.2, 0) is 9.59 Å². The van der Waals surface area contributed by atoms with Crippen molar-refractivity contribution >= 4 is 17.5 Å². The molecule has 0 radical (unpaired) electrons. The van der Waals surface area contributed by atoms with Crippen LogP contribution in [0.15, 0.2) is 18.2 Å². The molecule has 0 aromatic heterocycles. The van der Waals surface area contributed by atoms with Gasteiger partial charge in [-0.3, -0.25) is 9.59 Å². The molecular weight excluding hydrogens is 310 g/mol. The first kappa shape index (κ1) is 18.1. The molecule has 0 aliphatic carbocycles. The first-order chi connectivity index (χ1) is 11.2. The maximum atomic E-state index is 12.4. The van der Waals surface area contributed by atoms with Crippen LogP contribution in [0.1, 0.15) is 27.7 Å². The molecule has 1 aromatic carbocycles. The second-order valence-electron chi connectivity index (χ2n) is 7.10. The minimum Gasteiger partial charge on any atom is -0.454 e. The Bertz CT molecular complexity index is 625. The van der Waals surface area contributed by atoms with Crippen molar-refractivity contribution in [2.24, 2.45) is 0 Å². The highest BCUT2D eigenvalue weighted by atomic mass is 16.7. The third-order valence-electron chi connectivity index (χ3n) is 3.73. The van der Waals surface area contributed by atoms with Gasteiger partial charge >= 0.3 is 0 Å². The Morgan fingerprint density at radius 2 is 1.92 bits per heavy atom. The van der Waals surface area contributed by atoms with E-state index in [0.717, 1.165) is 4.90 Å². The van der Waals surface area contributed by atoms with Gasteiger partial charge in [0, 0.05) is 17.3 Å². The number of amides is 2. The van der Waals surface area contributed by atoms with Crippen molar-refractivity contribution in [3.63, 3.8) is 0 Å². The lowest BCUT2D eigenvalue weighted by atomic mass is 10.1. The summed E-state index contributed by atoms with van der Waals surface area (Å²) in [7, 11) is 1.83. The van der Waals surface area contributed by atoms with E-state index in [1.807, 2.05) is 27.8 Å². The molecule has 24 heavy (non-hydrogen) atoms. The first-order valence-electron chi connectivity index (χ1n) is 7.99. The minimum absolute atomic E-state index is 0.0808. The van der Waals surface area contributed by atoms with E-state index in [9.17, 15) is 9.59 Å². The zero-order valence-corrected chi connectivity index (χ0v) is 14.9. The smallest absolute Gasteiger partial charge is 0.282 e. The number of fused-ring (bicyclic) bond motifs is 1. The van der Waals surface area contributed by atoms with Crippen LogP contribution in [0, 0.1) is 0 Å². The maximum absolute atomic E-state index is 12.4. The van der Waals surface area contributed by atoms with Gasteiger partial charge in [0.05, 0.1) is 7.05 Å². The van der Waals surface area contributed by atoms with E-state index in [2.05, 4.69) is 10.6 Å². The Hall–Kier alpha value is -2.28. The molecule has 0 fully saturated rings. The predicted octanol–water partition coefficient (Wildman–Crippen LogP) is 0.172. The number of ether oxygens (including phenoxy) is 2. The summed E-state index contributed by atoms with van der Waals surface area (Å²) in [5, 5.41) is 5.75. The SMILES string of the molecule is C[C@H](C(=O)Nc1ccc2c(c1)OCO2)[NH+](C)CC(=O)NC(C)(C)C. The van der Waals surface area contributed by atoms with Crippen molar-refractivity contribution in [1.82, 2.24) is 5.32 Å². The molecule has 0 saturated heterocycles. The number of quaternary nitrogens is 1. The van der Waals surface area contributed by atoms with Crippen molar-refractivity contribution in [2.75, 3.05) is 25.7 Å². The molecule has 1 aromatic rings. The molecule has 2 atom stereocenters. The number of carbonyl (C=O) groups is 2. The fourth-order valence-corrected chi connectivity index (χ4v) is 2.32. The lowest BCUT2D eigenvalue weighted by Gasteiger charge is -2.24. The van der Waals surface area contributed by atoms with Gasteiger partial charge in [0.25, 0.3) is 11.8 Å². The van der Waals surface area contributed by atoms with E-state index in [1.54, 1.807) is 25.1 Å². The molecule has 132 valence electrons. The zero-order chi connectivity index (χ0) is 17.9. The largest absolute Gasteiger partial charge is 0.454 e. The summed E-state index contributed by atoms with van der Waals surface area (Å²) < 4.78 is 10.5. The molecule has 2 amide bonds. The molecule has 7 heteroatoms. The van der Waals surface area contributed by atoms with Crippen LogP contribution in [-0.4, -0.2) is 43.8 Å². The van der Waals surface area contributed by atoms with Crippen molar-refractivity contribution < 1.29 is 24.0 Å². The molecule has 7 nitrogen and oxygen atoms in total. The van der Waals surface area contributed by atoms with E-state index in [0.29, 0.717) is 17.2 Å². The molecule has 1 aliphatic heterocycles. The van der Waals surface area contributed by atoms with Crippen LogP contribution in [0.2, 0.25) is 0 Å². The van der Waals surface area contributed by atoms with Gasteiger partial charge in [-0.25, -0.2) is 0 Å². The predicted molar refractivity (Wildman–Crippen MR) is 90.3 cm³/mol. The van der Waals surface area contributed by atoms with Gasteiger partial charge < -0.3 is 25.0 Å². The Morgan fingerprint density at radius 1 is 1.25 bits per heavy atom. The third kappa shape index (κ3) is 4.86. The summed E-state index contributed by atoms with van der Waals surface area (Å²) in [5.74, 6) is 1.05. The number of carbonyl (C=O) groups excluding carboxylic acids is 2. The monoisotopic (exact) mass is 336 g/mol. The Kier molecular flexibility index (Phi) is 5.33. The molecule has 1 unspecified atom stereocenters. The van der Waals surface area contributed by atoms with Crippen molar-refractivity contribution in [3.8, 4) is 11.5 Å². The summed E-state index contributed by atoms with van der Waals surface area (Å²) >= 11 is 0. The van der Waals surface area contributed by atoms with Gasteiger partial charge in [0.1, 0.15) is 0 Å². The van der Waals surface area contributed by atoms with Gasteiger partial charge in [0.2, 0.25) is 6.79 Å². The van der Waals surface area contributed by atoms with E-state index < -0.39 is 0 Å². The molecule has 3 N–H and O–H groups in total. The summed E-state index contributed by atoms with van der Waals surface area (Å²) in [6.45, 7) is 8.00. The number of hydrogen-bond donors (Lipinski definition) is 3. The standard InChI is InChI=1S/C17H25N3O4/c1-11(20(5)9-15(21)19-17(2,3)4)16(22)18-12-6-7-13-14(8-12)24-10-23-13/h6-8,11H,9-10H2,1-5H3,(H,18,22)(H,19,21)/p+1/t11-/m1/s1. The summed E-state index contributed by atoms with van der Waals surface area (Å²) in [5.41, 5.74) is 0.359. The molecule has 1 heterocycles. The van der Waals surface area contributed by atoms with Crippen LogP contribution in [0.25, 0.3) is 0 Å². The second kappa shape index (κ2) is 7.09. The molecule has 1 aliphatic rings. The number of benzene rings is 1. The lowest BCUT2D eigenvalue weighted by Crippen LogP contribution is -3.15.